The molecule has 0 saturated heterocycles. The van der Waals surface area contributed by atoms with Crippen LogP contribution in [0.5, 0.6) is 0 Å². The highest BCUT2D eigenvalue weighted by Crippen LogP contribution is 2.43. The molecule has 9 heteroatoms. The summed E-state index contributed by atoms with van der Waals surface area (Å²) in [5.74, 6) is -0.774. The van der Waals surface area contributed by atoms with Crippen LogP contribution in [0.4, 0.5) is 0 Å². The van der Waals surface area contributed by atoms with E-state index in [9.17, 15) is 19.0 Å². The number of hydrogen-bond donors (Lipinski definition) is 1. The minimum Gasteiger partial charge on any atom is -0.462 e. The quantitative estimate of drug-likeness (QED) is 0.0369. The molecule has 0 aromatic heterocycles. The number of unbranched alkanes of at least 4 members (excludes halogenated alkanes) is 28. The van der Waals surface area contributed by atoms with Crippen molar-refractivity contribution in [2.75, 3.05) is 19.8 Å². The highest BCUT2D eigenvalue weighted by Gasteiger charge is 2.26. The van der Waals surface area contributed by atoms with E-state index in [0.29, 0.717) is 12.8 Å². The summed E-state index contributed by atoms with van der Waals surface area (Å²) >= 11 is 0. The van der Waals surface area contributed by atoms with Crippen LogP contribution >= 0.6 is 7.82 Å². The van der Waals surface area contributed by atoms with Crippen molar-refractivity contribution in [1.29, 1.82) is 0 Å². The van der Waals surface area contributed by atoms with E-state index in [1.165, 1.54) is 154 Å². The molecule has 8 nitrogen and oxygen atoms in total. The molecule has 0 spiro atoms. The summed E-state index contributed by atoms with van der Waals surface area (Å²) in [5, 5.41) is 0. The lowest BCUT2D eigenvalue weighted by Gasteiger charge is -2.21. The molecule has 0 aromatic rings. The molecule has 0 aliphatic carbocycles. The number of rotatable bonds is 42. The van der Waals surface area contributed by atoms with Gasteiger partial charge in [-0.15, -0.1) is 0 Å². The zero-order valence-corrected chi connectivity index (χ0v) is 37.9. The molecule has 55 heavy (non-hydrogen) atoms. The maximum atomic E-state index is 12.7. The van der Waals surface area contributed by atoms with Crippen molar-refractivity contribution in [3.05, 3.63) is 0 Å². The largest absolute Gasteiger partial charge is 0.472 e. The molecule has 0 bridgehead atoms. The second-order valence-corrected chi connectivity index (χ2v) is 18.9. The Morgan fingerprint density at radius 3 is 1.20 bits per heavy atom. The fourth-order valence-corrected chi connectivity index (χ4v) is 7.69. The van der Waals surface area contributed by atoms with Crippen molar-refractivity contribution < 1.29 is 37.6 Å². The number of phosphoric ester groups is 1. The van der Waals surface area contributed by atoms with Crippen molar-refractivity contribution in [2.45, 2.75) is 259 Å². The van der Waals surface area contributed by atoms with Crippen LogP contribution in [0, 0.1) is 5.41 Å². The lowest BCUT2D eigenvalue weighted by molar-refractivity contribution is -0.161. The van der Waals surface area contributed by atoms with Gasteiger partial charge >= 0.3 is 19.8 Å². The lowest BCUT2D eigenvalue weighted by atomic mass is 9.91. The van der Waals surface area contributed by atoms with Crippen LogP contribution < -0.4 is 0 Å². The van der Waals surface area contributed by atoms with E-state index in [1.807, 2.05) is 0 Å². The predicted molar refractivity (Wildman–Crippen MR) is 230 cm³/mol. The van der Waals surface area contributed by atoms with Crippen LogP contribution in [0.2, 0.25) is 0 Å². The van der Waals surface area contributed by atoms with E-state index in [1.54, 1.807) is 0 Å². The number of carbonyl (C=O) groups excluding carboxylic acids is 2. The van der Waals surface area contributed by atoms with Crippen molar-refractivity contribution >= 4 is 19.8 Å². The Labute approximate surface area is 340 Å². The Morgan fingerprint density at radius 1 is 0.491 bits per heavy atom. The van der Waals surface area contributed by atoms with Gasteiger partial charge in [-0.3, -0.25) is 18.6 Å². The highest BCUT2D eigenvalue weighted by atomic mass is 31.2. The molecule has 0 fully saturated rings. The highest BCUT2D eigenvalue weighted by molar-refractivity contribution is 7.47. The minimum absolute atomic E-state index is 0.0862. The maximum absolute atomic E-state index is 12.7. The first-order valence-corrected chi connectivity index (χ1v) is 25.0. The Morgan fingerprint density at radius 2 is 0.836 bits per heavy atom. The summed E-state index contributed by atoms with van der Waals surface area (Å²) < 4.78 is 33.9. The summed E-state index contributed by atoms with van der Waals surface area (Å²) in [6, 6.07) is 0. The maximum Gasteiger partial charge on any atom is 0.472 e. The zero-order valence-electron chi connectivity index (χ0n) is 37.0. The standard InChI is InChI=1S/C46H91O8P/c1-6-8-10-12-14-16-18-20-22-24-26-28-30-32-34-37-44(47)51-41-43(42-53-55(49,50)52-40-36-39-46(3,4)5)54-45(48)38-35-33-31-29-27-25-23-21-19-17-15-13-11-9-7-2/h43H,6-42H2,1-5H3,(H,49,50). The Kier molecular flexibility index (Phi) is 37.9. The monoisotopic (exact) mass is 803 g/mol. The number of ether oxygens (including phenoxy) is 2. The van der Waals surface area contributed by atoms with Crippen molar-refractivity contribution in [1.82, 2.24) is 0 Å². The van der Waals surface area contributed by atoms with Gasteiger partial charge in [-0.05, 0) is 31.1 Å². The summed E-state index contributed by atoms with van der Waals surface area (Å²) in [6.45, 7) is 10.3. The van der Waals surface area contributed by atoms with Crippen LogP contribution in [0.3, 0.4) is 0 Å². The average Bonchev–Trinajstić information content (AvgIpc) is 3.14. The molecule has 0 aliphatic heterocycles. The summed E-state index contributed by atoms with van der Waals surface area (Å²) in [5.41, 5.74) is 0.0892. The molecule has 0 amide bonds. The van der Waals surface area contributed by atoms with E-state index in [0.717, 1.165) is 44.9 Å². The molecule has 0 aliphatic rings. The molecule has 328 valence electrons. The zero-order chi connectivity index (χ0) is 40.7. The van der Waals surface area contributed by atoms with Gasteiger partial charge in [0, 0.05) is 12.8 Å². The van der Waals surface area contributed by atoms with Gasteiger partial charge in [0.25, 0.3) is 0 Å². The third kappa shape index (κ3) is 42.5. The van der Waals surface area contributed by atoms with Gasteiger partial charge in [0.1, 0.15) is 6.61 Å². The first kappa shape index (κ1) is 54.0. The molecule has 1 N–H and O–H groups in total. The van der Waals surface area contributed by atoms with E-state index >= 15 is 0 Å². The van der Waals surface area contributed by atoms with Crippen LogP contribution in [-0.4, -0.2) is 42.8 Å². The number of phosphoric acid groups is 1. The van der Waals surface area contributed by atoms with Gasteiger partial charge in [-0.1, -0.05) is 214 Å². The normalized spacial score (nSPS) is 13.5. The number of carbonyl (C=O) groups is 2. The number of hydrogen-bond acceptors (Lipinski definition) is 7. The second kappa shape index (κ2) is 38.6. The van der Waals surface area contributed by atoms with Crippen LogP contribution in [-0.2, 0) is 32.7 Å². The van der Waals surface area contributed by atoms with Crippen LogP contribution in [0.25, 0.3) is 0 Å². The Bertz CT molecular complexity index is 905. The van der Waals surface area contributed by atoms with Crippen molar-refractivity contribution in [2.24, 2.45) is 5.41 Å². The van der Waals surface area contributed by atoms with Crippen molar-refractivity contribution in [3.63, 3.8) is 0 Å². The molecular weight excluding hydrogens is 711 g/mol. The second-order valence-electron chi connectivity index (χ2n) is 17.5. The van der Waals surface area contributed by atoms with Crippen LogP contribution in [0.15, 0.2) is 0 Å². The average molecular weight is 803 g/mol. The first-order chi connectivity index (χ1) is 26.5. The van der Waals surface area contributed by atoms with E-state index < -0.39 is 19.9 Å². The fraction of sp³-hybridized carbons (Fsp3) is 0.957. The molecule has 2 unspecified atom stereocenters. The third-order valence-electron chi connectivity index (χ3n) is 10.4. The SMILES string of the molecule is CCCCCCCCCCCCCCCCCC(=O)OCC(COP(=O)(O)OCCCC(C)(C)C)OC(=O)CCCCCCCCCCCCCCCCC. The summed E-state index contributed by atoms with van der Waals surface area (Å²) in [6.07, 6.45) is 38.6. The smallest absolute Gasteiger partial charge is 0.462 e. The van der Waals surface area contributed by atoms with Gasteiger partial charge in [0.05, 0.1) is 13.2 Å². The molecule has 0 rings (SSSR count). The topological polar surface area (TPSA) is 108 Å². The van der Waals surface area contributed by atoms with Gasteiger partial charge in [0.2, 0.25) is 0 Å². The van der Waals surface area contributed by atoms with Gasteiger partial charge < -0.3 is 14.4 Å². The molecular formula is C46H91O8P. The van der Waals surface area contributed by atoms with Gasteiger partial charge in [-0.25, -0.2) is 4.57 Å². The predicted octanol–water partition coefficient (Wildman–Crippen LogP) is 14.9. The molecule has 0 saturated carbocycles. The van der Waals surface area contributed by atoms with Gasteiger partial charge in [-0.2, -0.15) is 0 Å². The third-order valence-corrected chi connectivity index (χ3v) is 11.4. The lowest BCUT2D eigenvalue weighted by Crippen LogP contribution is -2.29. The Balaban J connectivity index is 4.33. The fourth-order valence-electron chi connectivity index (χ4n) is 6.90. The Hall–Kier alpha value is -0.950. The molecule has 0 radical (unpaired) electrons. The van der Waals surface area contributed by atoms with Gasteiger partial charge in [0.15, 0.2) is 6.10 Å². The van der Waals surface area contributed by atoms with E-state index in [4.69, 9.17) is 18.5 Å². The molecule has 0 aromatic carbocycles. The van der Waals surface area contributed by atoms with Crippen LogP contribution in [0.1, 0.15) is 253 Å². The molecule has 2 atom stereocenters. The van der Waals surface area contributed by atoms with Crippen molar-refractivity contribution in [3.8, 4) is 0 Å². The van der Waals surface area contributed by atoms with E-state index in [2.05, 4.69) is 34.6 Å². The first-order valence-electron chi connectivity index (χ1n) is 23.5. The summed E-state index contributed by atoms with van der Waals surface area (Å²) in [4.78, 5) is 35.5. The summed E-state index contributed by atoms with van der Waals surface area (Å²) in [7, 11) is -4.35. The number of esters is 2. The molecule has 0 heterocycles. The minimum atomic E-state index is -4.35. The van der Waals surface area contributed by atoms with E-state index in [-0.39, 0.29) is 37.6 Å².